The van der Waals surface area contributed by atoms with E-state index in [1.807, 2.05) is 6.92 Å². The second-order valence-corrected chi connectivity index (χ2v) is 4.76. The molecule has 1 aliphatic heterocycles. The number of carboxylic acid groups (broad SMARTS) is 1. The van der Waals surface area contributed by atoms with Crippen LogP contribution < -0.4 is 11.1 Å². The summed E-state index contributed by atoms with van der Waals surface area (Å²) < 4.78 is 0. The van der Waals surface area contributed by atoms with Crippen molar-refractivity contribution in [3.8, 4) is 0 Å². The number of likely N-dealkylation sites (tertiary alicyclic amines) is 1. The molecular formula is C12H21N3O4. The van der Waals surface area contributed by atoms with E-state index < -0.39 is 30.4 Å². The molecule has 1 heterocycles. The van der Waals surface area contributed by atoms with Crippen LogP contribution in [-0.2, 0) is 9.59 Å². The number of nitrogens with two attached hydrogens (primary N) is 1. The second kappa shape index (κ2) is 6.96. The molecule has 1 fully saturated rings. The maximum absolute atomic E-state index is 12.1. The first-order valence-corrected chi connectivity index (χ1v) is 6.54. The Hall–Kier alpha value is -1.79. The largest absolute Gasteiger partial charge is 0.480 e. The van der Waals surface area contributed by atoms with Crippen LogP contribution in [0.1, 0.15) is 39.0 Å². The van der Waals surface area contributed by atoms with Crippen LogP contribution in [0.25, 0.3) is 0 Å². The molecule has 0 spiro atoms. The molecule has 2 atom stereocenters. The number of aliphatic carboxylic acids is 1. The molecule has 0 saturated carbocycles. The van der Waals surface area contributed by atoms with E-state index in [1.165, 1.54) is 0 Å². The van der Waals surface area contributed by atoms with Crippen molar-refractivity contribution in [1.29, 1.82) is 0 Å². The van der Waals surface area contributed by atoms with Crippen molar-refractivity contribution in [3.63, 3.8) is 0 Å². The average Bonchev–Trinajstić information content (AvgIpc) is 2.37. The van der Waals surface area contributed by atoms with Crippen molar-refractivity contribution < 1.29 is 19.5 Å². The summed E-state index contributed by atoms with van der Waals surface area (Å²) >= 11 is 0. The molecule has 1 unspecified atom stereocenters. The lowest BCUT2D eigenvalue weighted by Gasteiger charge is -2.35. The molecule has 1 rings (SSSR count). The van der Waals surface area contributed by atoms with E-state index in [9.17, 15) is 14.4 Å². The van der Waals surface area contributed by atoms with Crippen LogP contribution in [0, 0.1) is 0 Å². The summed E-state index contributed by atoms with van der Waals surface area (Å²) in [5.41, 5.74) is 4.97. The number of primary amides is 1. The molecule has 4 N–H and O–H groups in total. The summed E-state index contributed by atoms with van der Waals surface area (Å²) in [4.78, 5) is 35.5. The first-order valence-electron chi connectivity index (χ1n) is 6.54. The van der Waals surface area contributed by atoms with Gasteiger partial charge in [0.05, 0.1) is 6.42 Å². The molecule has 0 aromatic heterocycles. The maximum atomic E-state index is 12.1. The molecule has 108 valence electrons. The Morgan fingerprint density at radius 3 is 2.63 bits per heavy atom. The molecule has 0 aliphatic carbocycles. The molecule has 1 aliphatic rings. The zero-order valence-corrected chi connectivity index (χ0v) is 11.1. The van der Waals surface area contributed by atoms with Gasteiger partial charge >= 0.3 is 12.0 Å². The Morgan fingerprint density at radius 2 is 2.11 bits per heavy atom. The standard InChI is InChI=1S/C12H21N3O4/c1-2-8-5-3-4-6-15(8)12(19)14-9(11(17)18)7-10(13)16/h8-9H,2-7H2,1H3,(H2,13,16)(H,14,19)(H,17,18)/t8?,9-/m0/s1. The molecule has 7 nitrogen and oxygen atoms in total. The molecular weight excluding hydrogens is 250 g/mol. The lowest BCUT2D eigenvalue weighted by Crippen LogP contribution is -2.53. The molecule has 0 aromatic rings. The molecule has 19 heavy (non-hydrogen) atoms. The number of carbonyl (C=O) groups is 3. The summed E-state index contributed by atoms with van der Waals surface area (Å²) in [6.07, 6.45) is 3.35. The molecule has 0 radical (unpaired) electrons. The predicted molar refractivity (Wildman–Crippen MR) is 68.4 cm³/mol. The summed E-state index contributed by atoms with van der Waals surface area (Å²) in [5, 5.41) is 11.3. The van der Waals surface area contributed by atoms with Gasteiger partial charge in [-0.3, -0.25) is 4.79 Å². The van der Waals surface area contributed by atoms with Gasteiger partial charge in [-0.2, -0.15) is 0 Å². The van der Waals surface area contributed by atoms with Crippen LogP contribution >= 0.6 is 0 Å². The van der Waals surface area contributed by atoms with Gasteiger partial charge in [0.1, 0.15) is 6.04 Å². The SMILES string of the molecule is CCC1CCCCN1C(=O)N[C@@H](CC(N)=O)C(=O)O. The Labute approximate surface area is 112 Å². The first kappa shape index (κ1) is 15.3. The number of carbonyl (C=O) groups excluding carboxylic acids is 2. The highest BCUT2D eigenvalue weighted by molar-refractivity contribution is 5.87. The Morgan fingerprint density at radius 1 is 1.42 bits per heavy atom. The van der Waals surface area contributed by atoms with Crippen LogP contribution in [0.2, 0.25) is 0 Å². The highest BCUT2D eigenvalue weighted by Crippen LogP contribution is 2.19. The van der Waals surface area contributed by atoms with Crippen LogP contribution in [0.5, 0.6) is 0 Å². The highest BCUT2D eigenvalue weighted by Gasteiger charge is 2.29. The van der Waals surface area contributed by atoms with E-state index in [4.69, 9.17) is 10.8 Å². The third-order valence-corrected chi connectivity index (χ3v) is 3.36. The zero-order valence-electron chi connectivity index (χ0n) is 11.1. The number of amides is 3. The molecule has 1 saturated heterocycles. The first-order chi connectivity index (χ1) is 8.95. The minimum Gasteiger partial charge on any atom is -0.480 e. The van der Waals surface area contributed by atoms with Gasteiger partial charge in [0.25, 0.3) is 0 Å². The van der Waals surface area contributed by atoms with Crippen molar-refractivity contribution in [1.82, 2.24) is 10.2 Å². The fourth-order valence-corrected chi connectivity index (χ4v) is 2.33. The quantitative estimate of drug-likeness (QED) is 0.667. The van der Waals surface area contributed by atoms with E-state index >= 15 is 0 Å². The van der Waals surface area contributed by atoms with Crippen molar-refractivity contribution in [3.05, 3.63) is 0 Å². The van der Waals surface area contributed by atoms with Crippen molar-refractivity contribution >= 4 is 17.9 Å². The van der Waals surface area contributed by atoms with Crippen LogP contribution in [-0.4, -0.2) is 46.5 Å². The summed E-state index contributed by atoms with van der Waals surface area (Å²) in [6.45, 7) is 2.61. The second-order valence-electron chi connectivity index (χ2n) is 4.76. The lowest BCUT2D eigenvalue weighted by atomic mass is 10.0. The van der Waals surface area contributed by atoms with Gasteiger partial charge in [0.15, 0.2) is 0 Å². The Bertz CT molecular complexity index is 359. The van der Waals surface area contributed by atoms with Gasteiger partial charge in [0.2, 0.25) is 5.91 Å². The molecule has 0 aromatic carbocycles. The summed E-state index contributed by atoms with van der Waals surface area (Å²) in [7, 11) is 0. The molecule has 3 amide bonds. The molecule has 0 bridgehead atoms. The number of nitrogens with one attached hydrogen (secondary N) is 1. The third-order valence-electron chi connectivity index (χ3n) is 3.36. The summed E-state index contributed by atoms with van der Waals surface area (Å²) in [5.74, 6) is -2.00. The fraction of sp³-hybridized carbons (Fsp3) is 0.750. The number of rotatable bonds is 5. The van der Waals surface area contributed by atoms with Gasteiger partial charge in [0, 0.05) is 12.6 Å². The van der Waals surface area contributed by atoms with Crippen molar-refractivity contribution in [2.45, 2.75) is 51.1 Å². The topological polar surface area (TPSA) is 113 Å². The van der Waals surface area contributed by atoms with Gasteiger partial charge in [-0.05, 0) is 25.7 Å². The monoisotopic (exact) mass is 271 g/mol. The fourth-order valence-electron chi connectivity index (χ4n) is 2.33. The van der Waals surface area contributed by atoms with Crippen LogP contribution in [0.15, 0.2) is 0 Å². The number of piperidine rings is 1. The van der Waals surface area contributed by atoms with Crippen molar-refractivity contribution in [2.24, 2.45) is 5.73 Å². The lowest BCUT2D eigenvalue weighted by molar-refractivity contribution is -0.141. The minimum absolute atomic E-state index is 0.136. The van der Waals surface area contributed by atoms with Crippen LogP contribution in [0.4, 0.5) is 4.79 Å². The van der Waals surface area contributed by atoms with E-state index in [-0.39, 0.29) is 6.04 Å². The van der Waals surface area contributed by atoms with Crippen LogP contribution in [0.3, 0.4) is 0 Å². The smallest absolute Gasteiger partial charge is 0.326 e. The van der Waals surface area contributed by atoms with E-state index in [1.54, 1.807) is 4.90 Å². The number of hydrogen-bond donors (Lipinski definition) is 3. The third kappa shape index (κ3) is 4.42. The Kier molecular flexibility index (Phi) is 5.59. The minimum atomic E-state index is -1.26. The normalized spacial score (nSPS) is 20.7. The highest BCUT2D eigenvalue weighted by atomic mass is 16.4. The van der Waals surface area contributed by atoms with E-state index in [2.05, 4.69) is 5.32 Å². The number of hydrogen-bond acceptors (Lipinski definition) is 3. The van der Waals surface area contributed by atoms with E-state index in [0.717, 1.165) is 25.7 Å². The average molecular weight is 271 g/mol. The molecule has 7 heteroatoms. The summed E-state index contributed by atoms with van der Waals surface area (Å²) in [6, 6.07) is -1.55. The predicted octanol–water partition coefficient (Wildman–Crippen LogP) is 0.289. The maximum Gasteiger partial charge on any atom is 0.326 e. The van der Waals surface area contributed by atoms with Gasteiger partial charge in [-0.25, -0.2) is 9.59 Å². The van der Waals surface area contributed by atoms with Crippen molar-refractivity contribution in [2.75, 3.05) is 6.54 Å². The number of urea groups is 1. The zero-order chi connectivity index (χ0) is 14.4. The van der Waals surface area contributed by atoms with Gasteiger partial charge < -0.3 is 21.1 Å². The number of nitrogens with zero attached hydrogens (tertiary/aromatic N) is 1. The van der Waals surface area contributed by atoms with Gasteiger partial charge in [-0.1, -0.05) is 6.92 Å². The van der Waals surface area contributed by atoms with E-state index in [0.29, 0.717) is 6.54 Å². The van der Waals surface area contributed by atoms with Gasteiger partial charge in [-0.15, -0.1) is 0 Å². The Balaban J connectivity index is 2.64. The number of carboxylic acids is 1.